The van der Waals surface area contributed by atoms with Gasteiger partial charge in [-0.25, -0.2) is 0 Å². The molecule has 2 aliphatic rings. The normalized spacial score (nSPS) is 27.3. The van der Waals surface area contributed by atoms with Crippen LogP contribution in [-0.4, -0.2) is 12.6 Å². The number of fused-ring (bicyclic) bond motifs is 1. The first-order chi connectivity index (χ1) is 8.79. The molecule has 1 aliphatic carbocycles. The smallest absolute Gasteiger partial charge is 0.0398 e. The van der Waals surface area contributed by atoms with Gasteiger partial charge < -0.3 is 4.90 Å². The summed E-state index contributed by atoms with van der Waals surface area (Å²) in [6.07, 6.45) is 7.13. The number of anilines is 1. The van der Waals surface area contributed by atoms with Crippen LogP contribution in [0, 0.1) is 12.8 Å². The largest absolute Gasteiger partial charge is 0.368 e. The third-order valence-electron chi connectivity index (χ3n) is 4.72. The summed E-state index contributed by atoms with van der Waals surface area (Å²) in [6, 6.07) is 7.78. The van der Waals surface area contributed by atoms with Gasteiger partial charge in [0, 0.05) is 23.6 Å². The SMILES string of the molecule is Cc1cc(CBr)ccc1N1CCCC2CCCC21. The molecule has 2 unspecified atom stereocenters. The molecular weight excluding hydrogens is 286 g/mol. The van der Waals surface area contributed by atoms with E-state index in [1.807, 2.05) is 0 Å². The van der Waals surface area contributed by atoms with Crippen LogP contribution < -0.4 is 4.90 Å². The molecule has 98 valence electrons. The van der Waals surface area contributed by atoms with Crippen LogP contribution in [0.2, 0.25) is 0 Å². The second-order valence-corrected chi connectivity index (χ2v) is 6.41. The van der Waals surface area contributed by atoms with E-state index in [0.717, 1.165) is 17.3 Å². The van der Waals surface area contributed by atoms with Crippen LogP contribution in [0.1, 0.15) is 43.2 Å². The van der Waals surface area contributed by atoms with Gasteiger partial charge in [0.1, 0.15) is 0 Å². The van der Waals surface area contributed by atoms with E-state index in [4.69, 9.17) is 0 Å². The number of nitrogens with zero attached hydrogens (tertiary/aromatic N) is 1. The lowest BCUT2D eigenvalue weighted by molar-refractivity contribution is 0.362. The summed E-state index contributed by atoms with van der Waals surface area (Å²) in [5, 5.41) is 0.959. The quantitative estimate of drug-likeness (QED) is 0.718. The third kappa shape index (κ3) is 2.20. The fourth-order valence-electron chi connectivity index (χ4n) is 3.88. The Morgan fingerprint density at radius 2 is 2.06 bits per heavy atom. The molecule has 0 spiro atoms. The topological polar surface area (TPSA) is 3.24 Å². The van der Waals surface area contributed by atoms with Crippen LogP contribution in [0.5, 0.6) is 0 Å². The summed E-state index contributed by atoms with van der Waals surface area (Å²) in [5.41, 5.74) is 4.31. The van der Waals surface area contributed by atoms with Gasteiger partial charge in [0.05, 0.1) is 0 Å². The third-order valence-corrected chi connectivity index (χ3v) is 5.37. The first-order valence-corrected chi connectivity index (χ1v) is 8.34. The zero-order valence-corrected chi connectivity index (χ0v) is 12.7. The maximum absolute atomic E-state index is 3.54. The molecule has 1 nitrogen and oxygen atoms in total. The van der Waals surface area contributed by atoms with Crippen LogP contribution >= 0.6 is 15.9 Å². The highest BCUT2D eigenvalue weighted by Gasteiger charge is 2.35. The van der Waals surface area contributed by atoms with Gasteiger partial charge in [0.2, 0.25) is 0 Å². The molecule has 2 heteroatoms. The highest BCUT2D eigenvalue weighted by molar-refractivity contribution is 9.08. The average molecular weight is 308 g/mol. The molecule has 0 N–H and O–H groups in total. The van der Waals surface area contributed by atoms with Crippen LogP contribution in [0.25, 0.3) is 0 Å². The molecular formula is C16H22BrN. The standard InChI is InChI=1S/C16H22BrN/c1-12-10-13(11-17)7-8-15(12)18-9-3-5-14-4-2-6-16(14)18/h7-8,10,14,16H,2-6,9,11H2,1H3. The lowest BCUT2D eigenvalue weighted by atomic mass is 9.91. The summed E-state index contributed by atoms with van der Waals surface area (Å²) >= 11 is 3.54. The van der Waals surface area contributed by atoms with Gasteiger partial charge in [-0.05, 0) is 55.7 Å². The molecule has 18 heavy (non-hydrogen) atoms. The summed E-state index contributed by atoms with van der Waals surface area (Å²) in [7, 11) is 0. The second-order valence-electron chi connectivity index (χ2n) is 5.85. The van der Waals surface area contributed by atoms with E-state index < -0.39 is 0 Å². The van der Waals surface area contributed by atoms with E-state index in [2.05, 4.69) is 46.0 Å². The maximum atomic E-state index is 3.54. The molecule has 3 rings (SSSR count). The minimum absolute atomic E-state index is 0.826. The van der Waals surface area contributed by atoms with Gasteiger partial charge in [-0.2, -0.15) is 0 Å². The zero-order chi connectivity index (χ0) is 12.5. The predicted molar refractivity (Wildman–Crippen MR) is 81.5 cm³/mol. The van der Waals surface area contributed by atoms with Crippen molar-refractivity contribution in [3.8, 4) is 0 Å². The minimum Gasteiger partial charge on any atom is -0.368 e. The monoisotopic (exact) mass is 307 g/mol. The summed E-state index contributed by atoms with van der Waals surface area (Å²) in [5.74, 6) is 0.967. The van der Waals surface area contributed by atoms with Crippen LogP contribution in [0.3, 0.4) is 0 Å². The van der Waals surface area contributed by atoms with Crippen molar-refractivity contribution in [3.05, 3.63) is 29.3 Å². The number of aryl methyl sites for hydroxylation is 1. The van der Waals surface area contributed by atoms with Crippen molar-refractivity contribution in [1.82, 2.24) is 0 Å². The number of hydrogen-bond acceptors (Lipinski definition) is 1. The number of alkyl halides is 1. The first kappa shape index (κ1) is 12.5. The Bertz CT molecular complexity index is 429. The Balaban J connectivity index is 1.89. The van der Waals surface area contributed by atoms with Gasteiger partial charge in [0.25, 0.3) is 0 Å². The number of rotatable bonds is 2. The maximum Gasteiger partial charge on any atom is 0.0398 e. The summed E-state index contributed by atoms with van der Waals surface area (Å²) in [6.45, 7) is 3.52. The highest BCUT2D eigenvalue weighted by Crippen LogP contribution is 2.40. The molecule has 0 radical (unpaired) electrons. The van der Waals surface area contributed by atoms with Crippen molar-refractivity contribution in [2.24, 2.45) is 5.92 Å². The number of halogens is 1. The van der Waals surface area contributed by atoms with Crippen molar-refractivity contribution < 1.29 is 0 Å². The Labute approximate surface area is 119 Å². The number of piperidine rings is 1. The summed E-state index contributed by atoms with van der Waals surface area (Å²) in [4.78, 5) is 2.70. The Morgan fingerprint density at radius 3 is 2.83 bits per heavy atom. The fraction of sp³-hybridized carbons (Fsp3) is 0.625. The predicted octanol–water partition coefficient (Wildman–Crippen LogP) is 4.66. The van der Waals surface area contributed by atoms with E-state index in [-0.39, 0.29) is 0 Å². The molecule has 2 fully saturated rings. The lowest BCUT2D eigenvalue weighted by Gasteiger charge is -2.40. The van der Waals surface area contributed by atoms with E-state index in [1.165, 1.54) is 55.5 Å². The van der Waals surface area contributed by atoms with E-state index in [1.54, 1.807) is 0 Å². The van der Waals surface area contributed by atoms with Gasteiger partial charge in [-0.3, -0.25) is 0 Å². The minimum atomic E-state index is 0.826. The van der Waals surface area contributed by atoms with Crippen molar-refractivity contribution in [2.75, 3.05) is 11.4 Å². The Morgan fingerprint density at radius 1 is 1.22 bits per heavy atom. The second kappa shape index (κ2) is 5.24. The molecule has 1 aromatic rings. The van der Waals surface area contributed by atoms with E-state index >= 15 is 0 Å². The number of benzene rings is 1. The van der Waals surface area contributed by atoms with Gasteiger partial charge in [-0.1, -0.05) is 34.5 Å². The van der Waals surface area contributed by atoms with Gasteiger partial charge in [-0.15, -0.1) is 0 Å². The van der Waals surface area contributed by atoms with Crippen molar-refractivity contribution in [2.45, 2.75) is 50.4 Å². The fourth-order valence-corrected chi connectivity index (χ4v) is 4.22. The highest BCUT2D eigenvalue weighted by atomic mass is 79.9. The van der Waals surface area contributed by atoms with Crippen molar-refractivity contribution in [3.63, 3.8) is 0 Å². The lowest BCUT2D eigenvalue weighted by Crippen LogP contribution is -2.42. The first-order valence-electron chi connectivity index (χ1n) is 7.21. The van der Waals surface area contributed by atoms with Crippen LogP contribution in [0.15, 0.2) is 18.2 Å². The molecule has 2 atom stereocenters. The zero-order valence-electron chi connectivity index (χ0n) is 11.2. The van der Waals surface area contributed by atoms with Gasteiger partial charge in [0.15, 0.2) is 0 Å². The molecule has 0 aromatic heterocycles. The van der Waals surface area contributed by atoms with Crippen LogP contribution in [-0.2, 0) is 5.33 Å². The molecule has 0 bridgehead atoms. The summed E-state index contributed by atoms with van der Waals surface area (Å²) < 4.78 is 0. The van der Waals surface area contributed by atoms with E-state index in [0.29, 0.717) is 0 Å². The van der Waals surface area contributed by atoms with Gasteiger partial charge >= 0.3 is 0 Å². The van der Waals surface area contributed by atoms with Crippen molar-refractivity contribution in [1.29, 1.82) is 0 Å². The molecule has 1 aromatic carbocycles. The van der Waals surface area contributed by atoms with E-state index in [9.17, 15) is 0 Å². The number of hydrogen-bond donors (Lipinski definition) is 0. The Kier molecular flexibility index (Phi) is 3.65. The molecule has 1 aliphatic heterocycles. The molecule has 0 amide bonds. The Hall–Kier alpha value is -0.500. The molecule has 1 saturated carbocycles. The molecule has 1 heterocycles. The molecule has 1 saturated heterocycles. The van der Waals surface area contributed by atoms with Crippen molar-refractivity contribution >= 4 is 21.6 Å². The average Bonchev–Trinajstić information content (AvgIpc) is 2.87. The van der Waals surface area contributed by atoms with Crippen LogP contribution in [0.4, 0.5) is 5.69 Å².